The molecule has 0 aromatic heterocycles. The molecule has 1 saturated heterocycles. The van der Waals surface area contributed by atoms with Crippen LogP contribution in [0.25, 0.3) is 0 Å². The Kier molecular flexibility index (Phi) is 7.20. The molecule has 0 saturated carbocycles. The number of nitrogens with one attached hydrogen (secondary N) is 2. The van der Waals surface area contributed by atoms with Crippen LogP contribution in [0.4, 0.5) is 5.69 Å². The van der Waals surface area contributed by atoms with E-state index in [1.165, 1.54) is 18.2 Å². The third kappa shape index (κ3) is 4.88. The van der Waals surface area contributed by atoms with Gasteiger partial charge in [0.05, 0.1) is 14.3 Å². The molecule has 10 heteroatoms. The molecular weight excluding hydrogens is 398 g/mol. The van der Waals surface area contributed by atoms with E-state index in [9.17, 15) is 18.5 Å². The molecule has 1 aliphatic heterocycles. The molecule has 0 radical (unpaired) electrons. The lowest BCUT2D eigenvalue weighted by molar-refractivity contribution is -0.385. The van der Waals surface area contributed by atoms with Crippen molar-refractivity contribution < 1.29 is 13.3 Å². The van der Waals surface area contributed by atoms with E-state index in [4.69, 9.17) is 0 Å². The van der Waals surface area contributed by atoms with E-state index >= 15 is 0 Å². The summed E-state index contributed by atoms with van der Waals surface area (Å²) in [7, 11) is -3.64. The fourth-order valence-electron chi connectivity index (χ4n) is 2.24. The molecule has 1 heterocycles. The highest BCUT2D eigenvalue weighted by molar-refractivity contribution is 9.10. The second-order valence-corrected chi connectivity index (χ2v) is 7.54. The van der Waals surface area contributed by atoms with Crippen molar-refractivity contribution in [1.29, 1.82) is 0 Å². The monoisotopic (exact) mass is 413 g/mol. The minimum atomic E-state index is -3.64. The van der Waals surface area contributed by atoms with Crippen LogP contribution in [-0.4, -0.2) is 33.0 Å². The minimum absolute atomic E-state index is 0. The van der Waals surface area contributed by atoms with Crippen molar-refractivity contribution in [2.24, 2.45) is 5.92 Å². The molecule has 124 valence electrons. The first-order valence-electron chi connectivity index (χ1n) is 6.54. The summed E-state index contributed by atoms with van der Waals surface area (Å²) in [5.41, 5.74) is -0.161. The molecule has 22 heavy (non-hydrogen) atoms. The lowest BCUT2D eigenvalue weighted by atomic mass is 10.1. The van der Waals surface area contributed by atoms with E-state index in [0.29, 0.717) is 12.5 Å². The predicted octanol–water partition coefficient (Wildman–Crippen LogP) is 2.06. The van der Waals surface area contributed by atoms with Crippen LogP contribution >= 0.6 is 28.3 Å². The van der Waals surface area contributed by atoms with Crippen molar-refractivity contribution in [3.05, 3.63) is 32.8 Å². The molecule has 1 atom stereocenters. The molecular formula is C12H17BrClN3O4S. The lowest BCUT2D eigenvalue weighted by Gasteiger charge is -2.10. The van der Waals surface area contributed by atoms with E-state index < -0.39 is 14.9 Å². The number of benzene rings is 1. The molecule has 0 spiro atoms. The summed E-state index contributed by atoms with van der Waals surface area (Å²) in [5.74, 6) is 0.497. The zero-order valence-corrected chi connectivity index (χ0v) is 14.8. The van der Waals surface area contributed by atoms with Gasteiger partial charge < -0.3 is 5.32 Å². The van der Waals surface area contributed by atoms with E-state index in [1.54, 1.807) is 0 Å². The molecule has 1 aromatic rings. The van der Waals surface area contributed by atoms with Crippen molar-refractivity contribution in [2.75, 3.05) is 19.6 Å². The van der Waals surface area contributed by atoms with Gasteiger partial charge in [0.2, 0.25) is 10.0 Å². The normalized spacial score (nSPS) is 18.0. The van der Waals surface area contributed by atoms with Gasteiger partial charge in [-0.25, -0.2) is 13.1 Å². The number of nitrogens with zero attached hydrogens (tertiary/aromatic N) is 1. The second-order valence-electron chi connectivity index (χ2n) is 4.92. The molecule has 0 amide bonds. The number of nitro groups is 1. The lowest BCUT2D eigenvalue weighted by Crippen LogP contribution is -2.26. The van der Waals surface area contributed by atoms with Gasteiger partial charge >= 0.3 is 0 Å². The Morgan fingerprint density at radius 3 is 2.73 bits per heavy atom. The SMILES string of the molecule is Cl.O=[N+]([O-])c1ccc(S(=O)(=O)NCCC2CCNC2)cc1Br. The Morgan fingerprint density at radius 2 is 2.18 bits per heavy atom. The number of nitro benzene ring substituents is 1. The number of hydrogen-bond acceptors (Lipinski definition) is 5. The summed E-state index contributed by atoms with van der Waals surface area (Å²) in [5, 5.41) is 13.9. The van der Waals surface area contributed by atoms with Gasteiger partial charge in [0.1, 0.15) is 0 Å². The van der Waals surface area contributed by atoms with E-state index in [-0.39, 0.29) is 27.5 Å². The van der Waals surface area contributed by atoms with Crippen molar-refractivity contribution in [3.63, 3.8) is 0 Å². The fourth-order valence-corrected chi connectivity index (χ4v) is 3.99. The maximum Gasteiger partial charge on any atom is 0.283 e. The third-order valence-corrected chi connectivity index (χ3v) is 5.53. The van der Waals surface area contributed by atoms with Gasteiger partial charge in [0.25, 0.3) is 5.69 Å². The highest BCUT2D eigenvalue weighted by Crippen LogP contribution is 2.27. The summed E-state index contributed by atoms with van der Waals surface area (Å²) in [6.07, 6.45) is 1.84. The summed E-state index contributed by atoms with van der Waals surface area (Å²) in [6.45, 7) is 2.26. The Labute approximate surface area is 143 Å². The van der Waals surface area contributed by atoms with Gasteiger partial charge in [0, 0.05) is 12.6 Å². The standard InChI is InChI=1S/C12H16BrN3O4S.ClH/c13-11-7-10(1-2-12(11)16(17)18)21(19,20)15-6-4-9-3-5-14-8-9;/h1-2,7,9,14-15H,3-6,8H2;1H. The Hall–Kier alpha value is -0.740. The molecule has 1 aliphatic rings. The molecule has 0 bridgehead atoms. The third-order valence-electron chi connectivity index (χ3n) is 3.43. The van der Waals surface area contributed by atoms with Crippen molar-refractivity contribution >= 4 is 44.0 Å². The molecule has 2 rings (SSSR count). The fraction of sp³-hybridized carbons (Fsp3) is 0.500. The van der Waals surface area contributed by atoms with Crippen LogP contribution < -0.4 is 10.0 Å². The number of halogens is 2. The molecule has 7 nitrogen and oxygen atoms in total. The predicted molar refractivity (Wildman–Crippen MR) is 88.8 cm³/mol. The van der Waals surface area contributed by atoms with Crippen LogP contribution in [0, 0.1) is 16.0 Å². The Morgan fingerprint density at radius 1 is 1.45 bits per heavy atom. The van der Waals surface area contributed by atoms with E-state index in [2.05, 4.69) is 26.0 Å². The number of rotatable bonds is 6. The molecule has 0 aliphatic carbocycles. The topological polar surface area (TPSA) is 101 Å². The zero-order chi connectivity index (χ0) is 15.5. The first-order valence-corrected chi connectivity index (χ1v) is 8.82. The molecule has 2 N–H and O–H groups in total. The molecule has 1 aromatic carbocycles. The van der Waals surface area contributed by atoms with Crippen molar-refractivity contribution in [3.8, 4) is 0 Å². The Balaban J connectivity index is 0.00000242. The van der Waals surface area contributed by atoms with Crippen LogP contribution in [0.2, 0.25) is 0 Å². The van der Waals surface area contributed by atoms with Gasteiger partial charge in [0.15, 0.2) is 0 Å². The maximum atomic E-state index is 12.1. The molecule has 1 fully saturated rings. The first-order chi connectivity index (χ1) is 9.90. The average Bonchev–Trinajstić information content (AvgIpc) is 2.91. The average molecular weight is 415 g/mol. The van der Waals surface area contributed by atoms with Crippen LogP contribution in [0.3, 0.4) is 0 Å². The molecule has 1 unspecified atom stereocenters. The Bertz CT molecular complexity index is 635. The van der Waals surface area contributed by atoms with Crippen molar-refractivity contribution in [2.45, 2.75) is 17.7 Å². The summed E-state index contributed by atoms with van der Waals surface area (Å²) in [6, 6.07) is 3.67. The summed E-state index contributed by atoms with van der Waals surface area (Å²) < 4.78 is 26.9. The van der Waals surface area contributed by atoms with Crippen LogP contribution in [0.15, 0.2) is 27.6 Å². The maximum absolute atomic E-state index is 12.1. The second kappa shape index (κ2) is 8.21. The highest BCUT2D eigenvalue weighted by Gasteiger charge is 2.20. The number of hydrogen-bond donors (Lipinski definition) is 2. The van der Waals surface area contributed by atoms with Crippen LogP contribution in [-0.2, 0) is 10.0 Å². The quantitative estimate of drug-likeness (QED) is 0.548. The van der Waals surface area contributed by atoms with Gasteiger partial charge in [-0.05, 0) is 59.9 Å². The van der Waals surface area contributed by atoms with Gasteiger partial charge in [-0.2, -0.15) is 0 Å². The largest absolute Gasteiger partial charge is 0.316 e. The van der Waals surface area contributed by atoms with Crippen LogP contribution in [0.1, 0.15) is 12.8 Å². The first kappa shape index (κ1) is 19.3. The number of sulfonamides is 1. The van der Waals surface area contributed by atoms with Gasteiger partial charge in [-0.15, -0.1) is 12.4 Å². The van der Waals surface area contributed by atoms with E-state index in [1.807, 2.05) is 0 Å². The van der Waals surface area contributed by atoms with Crippen molar-refractivity contribution in [1.82, 2.24) is 10.0 Å². The summed E-state index contributed by atoms with van der Waals surface area (Å²) in [4.78, 5) is 10.2. The zero-order valence-electron chi connectivity index (χ0n) is 11.6. The van der Waals surface area contributed by atoms with Gasteiger partial charge in [-0.1, -0.05) is 0 Å². The summed E-state index contributed by atoms with van der Waals surface area (Å²) >= 11 is 3.02. The van der Waals surface area contributed by atoms with E-state index in [0.717, 1.165) is 25.9 Å². The highest BCUT2D eigenvalue weighted by atomic mass is 79.9. The minimum Gasteiger partial charge on any atom is -0.316 e. The van der Waals surface area contributed by atoms with Crippen LogP contribution in [0.5, 0.6) is 0 Å². The smallest absolute Gasteiger partial charge is 0.283 e. The van der Waals surface area contributed by atoms with Gasteiger partial charge in [-0.3, -0.25) is 10.1 Å².